The summed E-state index contributed by atoms with van der Waals surface area (Å²) in [5.41, 5.74) is 2.04. The molecule has 0 spiro atoms. The third-order valence-corrected chi connectivity index (χ3v) is 4.82. The van der Waals surface area contributed by atoms with E-state index in [0.29, 0.717) is 11.3 Å². The molecule has 1 N–H and O–H groups in total. The van der Waals surface area contributed by atoms with Gasteiger partial charge in [0.25, 0.3) is 0 Å². The lowest BCUT2D eigenvalue weighted by Gasteiger charge is -2.32. The minimum absolute atomic E-state index is 0.588. The van der Waals surface area contributed by atoms with Crippen molar-refractivity contribution in [2.24, 2.45) is 11.3 Å². The summed E-state index contributed by atoms with van der Waals surface area (Å²) in [6.45, 7) is 9.37. The van der Waals surface area contributed by atoms with E-state index in [4.69, 9.17) is 0 Å². The van der Waals surface area contributed by atoms with E-state index in [1.807, 2.05) is 0 Å². The third-order valence-electron chi connectivity index (χ3n) is 4.82. The third kappa shape index (κ3) is 4.34. The molecule has 1 aliphatic rings. The molecule has 20 heavy (non-hydrogen) atoms. The maximum Gasteiger partial charge on any atom is 0.00177 e. The lowest BCUT2D eigenvalue weighted by atomic mass is 9.78. The highest BCUT2D eigenvalue weighted by atomic mass is 14.9. The molecule has 2 rings (SSSR count). The second kappa shape index (κ2) is 7.26. The molecule has 1 aromatic carbocycles. The van der Waals surface area contributed by atoms with Crippen LogP contribution >= 0.6 is 0 Å². The van der Waals surface area contributed by atoms with Gasteiger partial charge in [-0.05, 0) is 42.1 Å². The first-order chi connectivity index (χ1) is 9.61. The van der Waals surface area contributed by atoms with Gasteiger partial charge in [0, 0.05) is 13.1 Å². The Hall–Kier alpha value is -0.820. The van der Waals surface area contributed by atoms with E-state index in [-0.39, 0.29) is 0 Å². The quantitative estimate of drug-likeness (QED) is 0.738. The summed E-state index contributed by atoms with van der Waals surface area (Å²) >= 11 is 0. The van der Waals surface area contributed by atoms with Gasteiger partial charge in [-0.1, -0.05) is 63.9 Å². The van der Waals surface area contributed by atoms with Crippen molar-refractivity contribution < 1.29 is 0 Å². The Bertz CT molecular complexity index is 376. The average molecular weight is 273 g/mol. The van der Waals surface area contributed by atoms with Crippen LogP contribution in [0.1, 0.15) is 64.4 Å². The fourth-order valence-electron chi connectivity index (χ4n) is 3.90. The highest BCUT2D eigenvalue weighted by Crippen LogP contribution is 2.42. The summed E-state index contributed by atoms with van der Waals surface area (Å²) in [6, 6.07) is 10.9. The van der Waals surface area contributed by atoms with Crippen molar-refractivity contribution in [1.29, 1.82) is 0 Å². The summed E-state index contributed by atoms with van der Waals surface area (Å²) in [6.07, 6.45) is 7.11. The Labute approximate surface area is 125 Å². The topological polar surface area (TPSA) is 12.0 Å². The van der Waals surface area contributed by atoms with Crippen molar-refractivity contribution in [2.75, 3.05) is 13.1 Å². The Balaban J connectivity index is 1.81. The molecule has 0 aromatic heterocycles. The molecule has 0 amide bonds. The van der Waals surface area contributed by atoms with Crippen LogP contribution in [0, 0.1) is 11.3 Å². The number of rotatable bonds is 7. The van der Waals surface area contributed by atoms with E-state index in [1.165, 1.54) is 44.2 Å². The minimum Gasteiger partial charge on any atom is -0.316 e. The van der Waals surface area contributed by atoms with Gasteiger partial charge in [0.05, 0.1) is 0 Å². The van der Waals surface area contributed by atoms with Crippen molar-refractivity contribution >= 4 is 0 Å². The van der Waals surface area contributed by atoms with Crippen molar-refractivity contribution in [3.8, 4) is 0 Å². The number of benzene rings is 1. The van der Waals surface area contributed by atoms with E-state index in [0.717, 1.165) is 12.5 Å². The van der Waals surface area contributed by atoms with Crippen LogP contribution in [0.4, 0.5) is 0 Å². The molecule has 0 radical (unpaired) electrons. The summed E-state index contributed by atoms with van der Waals surface area (Å²) in [5.74, 6) is 1.43. The molecule has 1 atom stereocenters. The molecule has 1 aromatic rings. The molecule has 0 bridgehead atoms. The number of hydrogen-bond donors (Lipinski definition) is 1. The Morgan fingerprint density at radius 3 is 2.30 bits per heavy atom. The lowest BCUT2D eigenvalue weighted by molar-refractivity contribution is 0.223. The first-order valence-corrected chi connectivity index (χ1v) is 8.37. The van der Waals surface area contributed by atoms with Crippen LogP contribution in [-0.4, -0.2) is 13.1 Å². The van der Waals surface area contributed by atoms with E-state index < -0.39 is 0 Å². The van der Waals surface area contributed by atoms with Gasteiger partial charge in [0.15, 0.2) is 0 Å². The molecular weight excluding hydrogens is 242 g/mol. The van der Waals surface area contributed by atoms with Gasteiger partial charge in [0.1, 0.15) is 0 Å². The first-order valence-electron chi connectivity index (χ1n) is 8.37. The maximum atomic E-state index is 3.77. The van der Waals surface area contributed by atoms with Crippen molar-refractivity contribution in [2.45, 2.75) is 58.8 Å². The van der Waals surface area contributed by atoms with Gasteiger partial charge >= 0.3 is 0 Å². The van der Waals surface area contributed by atoms with E-state index in [2.05, 4.69) is 56.4 Å². The van der Waals surface area contributed by atoms with E-state index in [1.54, 1.807) is 0 Å². The molecule has 0 heterocycles. The Morgan fingerprint density at radius 1 is 1.05 bits per heavy atom. The first kappa shape index (κ1) is 15.6. The average Bonchev–Trinajstić information content (AvgIpc) is 2.87. The van der Waals surface area contributed by atoms with Crippen LogP contribution < -0.4 is 5.32 Å². The zero-order valence-corrected chi connectivity index (χ0v) is 13.5. The molecule has 112 valence electrons. The highest BCUT2D eigenvalue weighted by molar-refractivity contribution is 5.18. The zero-order chi connectivity index (χ0) is 14.4. The van der Waals surface area contributed by atoms with Crippen molar-refractivity contribution in [3.05, 3.63) is 35.9 Å². The predicted octanol–water partition coefficient (Wildman–Crippen LogP) is 4.99. The standard InChI is InChI=1S/C19H31N/c1-16(2)13-19(11-7-8-12-19)15-20-14-17(3)18-9-5-4-6-10-18/h4-6,9-10,16-17,20H,7-8,11-15H2,1-3H3. The maximum absolute atomic E-state index is 3.77. The summed E-state index contributed by atoms with van der Waals surface area (Å²) in [5, 5.41) is 3.77. The van der Waals surface area contributed by atoms with Gasteiger partial charge < -0.3 is 5.32 Å². The number of nitrogens with one attached hydrogen (secondary N) is 1. The molecule has 1 aliphatic carbocycles. The molecular formula is C19H31N. The monoisotopic (exact) mass is 273 g/mol. The second-order valence-electron chi connectivity index (χ2n) is 7.25. The van der Waals surface area contributed by atoms with Crippen molar-refractivity contribution in [3.63, 3.8) is 0 Å². The molecule has 0 saturated heterocycles. The molecule has 1 heteroatoms. The SMILES string of the molecule is CC(C)CC1(CNCC(C)c2ccccc2)CCCC1. The van der Waals surface area contributed by atoms with Crippen LogP contribution in [0.3, 0.4) is 0 Å². The second-order valence-corrected chi connectivity index (χ2v) is 7.25. The molecule has 1 nitrogen and oxygen atoms in total. The van der Waals surface area contributed by atoms with E-state index >= 15 is 0 Å². The van der Waals surface area contributed by atoms with Crippen LogP contribution in [-0.2, 0) is 0 Å². The molecule has 1 fully saturated rings. The molecule has 1 unspecified atom stereocenters. The lowest BCUT2D eigenvalue weighted by Crippen LogP contribution is -2.35. The van der Waals surface area contributed by atoms with Crippen LogP contribution in [0.2, 0.25) is 0 Å². The largest absolute Gasteiger partial charge is 0.316 e. The van der Waals surface area contributed by atoms with E-state index in [9.17, 15) is 0 Å². The summed E-state index contributed by atoms with van der Waals surface area (Å²) in [7, 11) is 0. The van der Waals surface area contributed by atoms with Gasteiger partial charge in [-0.2, -0.15) is 0 Å². The van der Waals surface area contributed by atoms with Gasteiger partial charge in [0.2, 0.25) is 0 Å². The predicted molar refractivity (Wildman–Crippen MR) is 88.1 cm³/mol. The summed E-state index contributed by atoms with van der Waals surface area (Å²) in [4.78, 5) is 0. The number of hydrogen-bond acceptors (Lipinski definition) is 1. The fraction of sp³-hybridized carbons (Fsp3) is 0.684. The smallest absolute Gasteiger partial charge is 0.00177 e. The fourth-order valence-corrected chi connectivity index (χ4v) is 3.90. The zero-order valence-electron chi connectivity index (χ0n) is 13.5. The normalized spacial score (nSPS) is 19.4. The van der Waals surface area contributed by atoms with Gasteiger partial charge in [-0.15, -0.1) is 0 Å². The van der Waals surface area contributed by atoms with Crippen LogP contribution in [0.15, 0.2) is 30.3 Å². The molecule has 1 saturated carbocycles. The Kier molecular flexibility index (Phi) is 5.65. The van der Waals surface area contributed by atoms with Gasteiger partial charge in [-0.25, -0.2) is 0 Å². The van der Waals surface area contributed by atoms with Crippen LogP contribution in [0.5, 0.6) is 0 Å². The molecule has 0 aliphatic heterocycles. The van der Waals surface area contributed by atoms with Crippen LogP contribution in [0.25, 0.3) is 0 Å². The van der Waals surface area contributed by atoms with Gasteiger partial charge in [-0.3, -0.25) is 0 Å². The highest BCUT2D eigenvalue weighted by Gasteiger charge is 2.33. The summed E-state index contributed by atoms with van der Waals surface area (Å²) < 4.78 is 0. The Morgan fingerprint density at radius 2 is 1.70 bits per heavy atom. The van der Waals surface area contributed by atoms with Crippen molar-refractivity contribution in [1.82, 2.24) is 5.32 Å². The minimum atomic E-state index is 0.588.